The Morgan fingerprint density at radius 1 is 1.22 bits per heavy atom. The van der Waals surface area contributed by atoms with Crippen LogP contribution in [0.2, 0.25) is 0 Å². The first kappa shape index (κ1) is 19.1. The van der Waals surface area contributed by atoms with Crippen LogP contribution >= 0.6 is 0 Å². The van der Waals surface area contributed by atoms with Crippen molar-refractivity contribution in [1.29, 1.82) is 0 Å². The normalized spacial score (nSPS) is 13.9. The Bertz CT molecular complexity index is 675. The fourth-order valence-corrected chi connectivity index (χ4v) is 2.41. The molecule has 0 saturated carbocycles. The molecule has 1 aromatic rings. The maximum atomic E-state index is 12.1. The number of hydrogen-bond acceptors (Lipinski definition) is 5. The average Bonchev–Trinajstić information content (AvgIpc) is 2.53. The lowest BCUT2D eigenvalue weighted by Crippen LogP contribution is -2.45. The van der Waals surface area contributed by atoms with Crippen molar-refractivity contribution in [3.05, 3.63) is 24.3 Å². The van der Waals surface area contributed by atoms with E-state index >= 15 is 0 Å². The summed E-state index contributed by atoms with van der Waals surface area (Å²) in [7, 11) is -2.29. The molecule has 0 saturated heterocycles. The molecular formula is C14H22N4O4S. The molecule has 2 unspecified atom stereocenters. The van der Waals surface area contributed by atoms with Gasteiger partial charge in [0.05, 0.1) is 4.90 Å². The van der Waals surface area contributed by atoms with Crippen molar-refractivity contribution in [3.63, 3.8) is 0 Å². The van der Waals surface area contributed by atoms with Crippen LogP contribution in [-0.2, 0) is 19.6 Å². The Labute approximate surface area is 135 Å². The Kier molecular flexibility index (Phi) is 6.67. The molecule has 0 aliphatic heterocycles. The summed E-state index contributed by atoms with van der Waals surface area (Å²) in [6.07, 6.45) is 0. The molecular weight excluding hydrogens is 320 g/mol. The van der Waals surface area contributed by atoms with Crippen LogP contribution in [0.25, 0.3) is 0 Å². The second-order valence-corrected chi connectivity index (χ2v) is 6.98. The van der Waals surface area contributed by atoms with E-state index in [1.807, 2.05) is 0 Å². The Morgan fingerprint density at radius 3 is 2.43 bits per heavy atom. The van der Waals surface area contributed by atoms with Crippen LogP contribution in [0.1, 0.15) is 13.8 Å². The fraction of sp³-hybridized carbons (Fsp3) is 0.429. The molecule has 9 heteroatoms. The molecule has 0 bridgehead atoms. The van der Waals surface area contributed by atoms with Crippen LogP contribution in [0.3, 0.4) is 0 Å². The van der Waals surface area contributed by atoms with E-state index < -0.39 is 27.9 Å². The molecule has 0 aromatic heterocycles. The molecule has 0 aliphatic rings. The van der Waals surface area contributed by atoms with Gasteiger partial charge < -0.3 is 16.4 Å². The summed E-state index contributed by atoms with van der Waals surface area (Å²) >= 11 is 0. The highest BCUT2D eigenvalue weighted by molar-refractivity contribution is 7.89. The lowest BCUT2D eigenvalue weighted by Gasteiger charge is -2.16. The second-order valence-electron chi connectivity index (χ2n) is 5.09. The van der Waals surface area contributed by atoms with Gasteiger partial charge in [-0.15, -0.1) is 0 Å². The molecule has 2 amide bonds. The second kappa shape index (κ2) is 8.04. The van der Waals surface area contributed by atoms with Gasteiger partial charge in [0.25, 0.3) is 0 Å². The van der Waals surface area contributed by atoms with Crippen LogP contribution in [0.15, 0.2) is 29.2 Å². The third kappa shape index (κ3) is 5.31. The van der Waals surface area contributed by atoms with Crippen molar-refractivity contribution >= 4 is 27.5 Å². The van der Waals surface area contributed by atoms with Gasteiger partial charge >= 0.3 is 0 Å². The van der Waals surface area contributed by atoms with E-state index in [0.29, 0.717) is 5.69 Å². The first-order valence-electron chi connectivity index (χ1n) is 7.06. The van der Waals surface area contributed by atoms with Crippen LogP contribution in [-0.4, -0.2) is 39.9 Å². The minimum absolute atomic E-state index is 0.0336. The number of rotatable bonds is 7. The Hall–Kier alpha value is -1.97. The molecule has 0 heterocycles. The zero-order chi connectivity index (χ0) is 17.6. The predicted octanol–water partition coefficient (Wildman–Crippen LogP) is -0.367. The van der Waals surface area contributed by atoms with Gasteiger partial charge in [0.2, 0.25) is 21.8 Å². The van der Waals surface area contributed by atoms with Gasteiger partial charge in [-0.2, -0.15) is 0 Å². The summed E-state index contributed by atoms with van der Waals surface area (Å²) in [6.45, 7) is 3.38. The van der Waals surface area contributed by atoms with Crippen molar-refractivity contribution < 1.29 is 18.0 Å². The third-order valence-electron chi connectivity index (χ3n) is 3.23. The number of nitrogens with two attached hydrogens (primary N) is 1. The highest BCUT2D eigenvalue weighted by Crippen LogP contribution is 2.15. The number of carbonyl (C=O) groups is 2. The van der Waals surface area contributed by atoms with Gasteiger partial charge in [-0.05, 0) is 32.2 Å². The Morgan fingerprint density at radius 2 is 1.87 bits per heavy atom. The molecule has 0 radical (unpaired) electrons. The number of carbonyl (C=O) groups excluding carboxylic acids is 2. The van der Waals surface area contributed by atoms with E-state index in [4.69, 9.17) is 5.73 Å². The predicted molar refractivity (Wildman–Crippen MR) is 87.1 cm³/mol. The molecule has 0 aliphatic carbocycles. The van der Waals surface area contributed by atoms with E-state index in [0.717, 1.165) is 0 Å². The minimum atomic E-state index is -3.60. The Balaban J connectivity index is 2.78. The highest BCUT2D eigenvalue weighted by Gasteiger charge is 2.19. The number of amides is 2. The summed E-state index contributed by atoms with van der Waals surface area (Å²) < 4.78 is 25.7. The van der Waals surface area contributed by atoms with Gasteiger partial charge in [0.1, 0.15) is 6.04 Å². The van der Waals surface area contributed by atoms with Crippen molar-refractivity contribution in [2.75, 3.05) is 18.9 Å². The smallest absolute Gasteiger partial charge is 0.246 e. The first-order valence-corrected chi connectivity index (χ1v) is 8.54. The quantitative estimate of drug-likeness (QED) is 0.537. The highest BCUT2D eigenvalue weighted by atomic mass is 32.2. The number of nitrogens with one attached hydrogen (secondary N) is 3. The zero-order valence-electron chi connectivity index (χ0n) is 13.3. The van der Waals surface area contributed by atoms with E-state index in [1.54, 1.807) is 13.0 Å². The van der Waals surface area contributed by atoms with E-state index in [2.05, 4.69) is 15.4 Å². The monoisotopic (exact) mass is 342 g/mol. The van der Waals surface area contributed by atoms with Gasteiger partial charge in [0.15, 0.2) is 0 Å². The molecule has 5 N–H and O–H groups in total. The number of hydrogen-bond donors (Lipinski definition) is 4. The topological polar surface area (TPSA) is 130 Å². The molecule has 8 nitrogen and oxygen atoms in total. The van der Waals surface area contributed by atoms with Crippen molar-refractivity contribution in [2.45, 2.75) is 24.8 Å². The largest absolute Gasteiger partial charge is 0.344 e. The maximum absolute atomic E-state index is 12.1. The van der Waals surface area contributed by atoms with Gasteiger partial charge in [-0.25, -0.2) is 13.1 Å². The lowest BCUT2D eigenvalue weighted by atomic mass is 10.1. The van der Waals surface area contributed by atoms with Gasteiger partial charge in [-0.1, -0.05) is 13.0 Å². The van der Waals surface area contributed by atoms with E-state index in [1.165, 1.54) is 32.2 Å². The van der Waals surface area contributed by atoms with Crippen molar-refractivity contribution in [1.82, 2.24) is 10.0 Å². The van der Waals surface area contributed by atoms with Crippen LogP contribution in [0.4, 0.5) is 5.69 Å². The van der Waals surface area contributed by atoms with Crippen LogP contribution in [0.5, 0.6) is 0 Å². The maximum Gasteiger partial charge on any atom is 0.246 e. The lowest BCUT2D eigenvalue weighted by molar-refractivity contribution is -0.128. The standard InChI is InChI=1S/C14H22N4O4S/c1-9(8-15)13(19)17-10(2)14(20)18-11-5-4-6-12(7-11)23(21,22)16-3/h4-7,9-10,16H,8,15H2,1-3H3,(H,17,19)(H,18,20). The average molecular weight is 342 g/mol. The number of sulfonamides is 1. The van der Waals surface area contributed by atoms with Crippen molar-refractivity contribution in [3.8, 4) is 0 Å². The van der Waals surface area contributed by atoms with Crippen molar-refractivity contribution in [2.24, 2.45) is 11.7 Å². The van der Waals surface area contributed by atoms with E-state index in [9.17, 15) is 18.0 Å². The van der Waals surface area contributed by atoms with Crippen LogP contribution < -0.4 is 21.1 Å². The summed E-state index contributed by atoms with van der Waals surface area (Å²) in [5, 5.41) is 5.11. The zero-order valence-corrected chi connectivity index (χ0v) is 14.1. The third-order valence-corrected chi connectivity index (χ3v) is 4.65. The van der Waals surface area contributed by atoms with Gasteiger partial charge in [-0.3, -0.25) is 9.59 Å². The summed E-state index contributed by atoms with van der Waals surface area (Å²) in [5.74, 6) is -1.17. The molecule has 0 spiro atoms. The summed E-state index contributed by atoms with van der Waals surface area (Å²) in [5.41, 5.74) is 5.71. The fourth-order valence-electron chi connectivity index (χ4n) is 1.64. The molecule has 23 heavy (non-hydrogen) atoms. The minimum Gasteiger partial charge on any atom is -0.344 e. The SMILES string of the molecule is CNS(=O)(=O)c1cccc(NC(=O)C(C)NC(=O)C(C)CN)c1. The molecule has 2 atom stereocenters. The van der Waals surface area contributed by atoms with Crippen LogP contribution in [0, 0.1) is 5.92 Å². The van der Waals surface area contributed by atoms with Gasteiger partial charge in [0, 0.05) is 18.2 Å². The number of anilines is 1. The molecule has 1 aromatic carbocycles. The summed E-state index contributed by atoms with van der Waals surface area (Å²) in [6, 6.07) is 5.04. The van der Waals surface area contributed by atoms with E-state index in [-0.39, 0.29) is 17.3 Å². The summed E-state index contributed by atoms with van der Waals surface area (Å²) in [4.78, 5) is 23.8. The molecule has 1 rings (SSSR count). The number of benzene rings is 1. The molecule has 0 fully saturated rings. The first-order chi connectivity index (χ1) is 10.7. The molecule has 128 valence electrons.